The van der Waals surface area contributed by atoms with E-state index in [0.29, 0.717) is 67.2 Å². The minimum Gasteiger partial charge on any atom is -0.483 e. The van der Waals surface area contributed by atoms with Gasteiger partial charge >= 0.3 is 0 Å². The molecule has 5 N–H and O–H groups in total. The average molecular weight is 704 g/mol. The maximum atomic E-state index is 12.6. The van der Waals surface area contributed by atoms with Crippen LogP contribution < -0.4 is 15.4 Å². The van der Waals surface area contributed by atoms with Gasteiger partial charge < -0.3 is 15.4 Å². The first-order valence-electron chi connectivity index (χ1n) is 13.0. The molecule has 0 radical (unpaired) electrons. The van der Waals surface area contributed by atoms with Crippen LogP contribution in [-0.2, 0) is 33.7 Å². The van der Waals surface area contributed by atoms with Gasteiger partial charge in [0.25, 0.3) is 21.9 Å². The fourth-order valence-corrected chi connectivity index (χ4v) is 6.68. The molecule has 47 heavy (non-hydrogen) atoms. The molecule has 0 fully saturated rings. The number of nitrogens with zero attached hydrogens (tertiary/aromatic N) is 3. The monoisotopic (exact) mass is 703 g/mol. The van der Waals surface area contributed by atoms with Crippen LogP contribution in [0.15, 0.2) is 80.5 Å². The third kappa shape index (κ3) is 7.59. The number of hydrogen-bond acceptors (Lipinski definition) is 14. The molecule has 17 nitrogen and oxygen atoms in total. The number of amides is 2. The molecule has 0 saturated carbocycles. The largest absolute Gasteiger partial charge is 0.483 e. The van der Waals surface area contributed by atoms with Crippen LogP contribution in [0.1, 0.15) is 10.4 Å². The highest BCUT2D eigenvalue weighted by Crippen LogP contribution is 2.47. The van der Waals surface area contributed by atoms with Crippen LogP contribution in [0.25, 0.3) is 42.8 Å². The minimum absolute atomic E-state index is 0.0739. The molecule has 0 unspecified atom stereocenters. The molecule has 0 heterocycles. The summed E-state index contributed by atoms with van der Waals surface area (Å²) in [7, 11) is -4.75. The van der Waals surface area contributed by atoms with E-state index in [1.165, 1.54) is 36.4 Å². The molecule has 0 bridgehead atoms. The van der Waals surface area contributed by atoms with Gasteiger partial charge in [0.05, 0.1) is 29.0 Å². The van der Waals surface area contributed by atoms with E-state index in [1.54, 1.807) is 18.2 Å². The van der Waals surface area contributed by atoms with Gasteiger partial charge in [-0.2, -0.15) is 8.42 Å². The Balaban J connectivity index is 1.39. The zero-order chi connectivity index (χ0) is 33.6. The zero-order valence-corrected chi connectivity index (χ0v) is 25.9. The maximum Gasteiger partial charge on any atom is 0.295 e. The summed E-state index contributed by atoms with van der Waals surface area (Å²) in [6, 6.07) is 15.0. The van der Waals surface area contributed by atoms with E-state index < -0.39 is 33.4 Å². The summed E-state index contributed by atoms with van der Waals surface area (Å²) in [5, 5.41) is 36.0. The van der Waals surface area contributed by atoms with E-state index in [9.17, 15) is 22.6 Å². The number of carbonyl (C=O) groups excluding carboxylic acids is 2. The third-order valence-electron chi connectivity index (χ3n) is 6.71. The van der Waals surface area contributed by atoms with Gasteiger partial charge in [0, 0.05) is 55.7 Å². The van der Waals surface area contributed by atoms with Crippen LogP contribution in [0.2, 0.25) is 0 Å². The van der Waals surface area contributed by atoms with Crippen LogP contribution in [-0.4, -0.2) is 55.0 Å². The van der Waals surface area contributed by atoms with Crippen molar-refractivity contribution < 1.29 is 56.6 Å². The van der Waals surface area contributed by atoms with Crippen molar-refractivity contribution in [1.82, 2.24) is 10.6 Å². The Morgan fingerprint density at radius 1 is 0.830 bits per heavy atom. The molecule has 0 atom stereocenters. The smallest absolute Gasteiger partial charge is 0.295 e. The molecule has 5 aromatic rings. The molecular formula is C27H21N5O12S3. The van der Waals surface area contributed by atoms with Gasteiger partial charge in [-0.15, -0.1) is 8.67 Å². The highest BCUT2D eigenvalue weighted by Gasteiger charge is 2.24. The van der Waals surface area contributed by atoms with E-state index in [1.807, 2.05) is 0 Å². The summed E-state index contributed by atoms with van der Waals surface area (Å²) >= 11 is 1.10. The normalized spacial score (nSPS) is 11.6. The standard InChI is InChI=1S/C27H21N5O12S3/c28-32-31-15-3-1-14(2-4-15)27(34)30-10-9-29-24(33)13-40-20-11-21(45-43-41-35)17-6-7-18-22(46-44-42-36)12-23(47(37,38)39)19-8-5-16(20)25(17)26(18)19/h1-8,11-12,35-36H,9-10,13H2,(H,29,33)(H,30,34)(H,37,38,39). The van der Waals surface area contributed by atoms with Gasteiger partial charge in [0.15, 0.2) is 6.61 Å². The lowest BCUT2D eigenvalue weighted by Gasteiger charge is -2.19. The lowest BCUT2D eigenvalue weighted by atomic mass is 9.93. The van der Waals surface area contributed by atoms with Gasteiger partial charge in [-0.05, 0) is 46.6 Å². The summed E-state index contributed by atoms with van der Waals surface area (Å²) in [6.07, 6.45) is 0. The van der Waals surface area contributed by atoms with Gasteiger partial charge in [0.1, 0.15) is 10.6 Å². The first-order valence-corrected chi connectivity index (χ1v) is 16.0. The summed E-state index contributed by atoms with van der Waals surface area (Å²) in [5.41, 5.74) is 9.17. The Hall–Kier alpha value is -4.44. The Kier molecular flexibility index (Phi) is 10.8. The molecule has 5 rings (SSSR count). The van der Waals surface area contributed by atoms with Crippen molar-refractivity contribution in [3.8, 4) is 5.75 Å². The van der Waals surface area contributed by atoms with Gasteiger partial charge in [-0.1, -0.05) is 45.5 Å². The molecule has 2 amide bonds. The second kappa shape index (κ2) is 15.0. The Bertz CT molecular complexity index is 2110. The van der Waals surface area contributed by atoms with E-state index in [2.05, 4.69) is 39.4 Å². The number of hydrogen-bond donors (Lipinski definition) is 5. The fraction of sp³-hybridized carbons (Fsp3) is 0.111. The van der Waals surface area contributed by atoms with Crippen molar-refractivity contribution in [3.63, 3.8) is 0 Å². The molecule has 0 aromatic heterocycles. The summed E-state index contributed by atoms with van der Waals surface area (Å²) in [4.78, 5) is 27.7. The lowest BCUT2D eigenvalue weighted by molar-refractivity contribution is -0.432. The van der Waals surface area contributed by atoms with Crippen molar-refractivity contribution >= 4 is 84.0 Å². The van der Waals surface area contributed by atoms with Crippen molar-refractivity contribution in [2.75, 3.05) is 19.7 Å². The molecule has 20 heteroatoms. The highest BCUT2D eigenvalue weighted by atomic mass is 32.2. The first-order chi connectivity index (χ1) is 22.7. The molecule has 0 aliphatic heterocycles. The summed E-state index contributed by atoms with van der Waals surface area (Å²) < 4.78 is 49.8. The highest BCUT2D eigenvalue weighted by molar-refractivity contribution is 7.95. The van der Waals surface area contributed by atoms with Gasteiger partial charge in [-0.3, -0.25) is 14.1 Å². The van der Waals surface area contributed by atoms with Gasteiger partial charge in [-0.25, -0.2) is 10.5 Å². The SMILES string of the molecule is [N-]=[N+]=Nc1ccc(C(=O)NCCNC(=O)COc2cc(SOOO)c3ccc4c(SOOO)cc(S(=O)(=O)O)c5ccc2c3c45)cc1. The fourth-order valence-electron chi connectivity index (χ4n) is 4.85. The Morgan fingerprint density at radius 3 is 2.02 bits per heavy atom. The van der Waals surface area contributed by atoms with Crippen LogP contribution >= 0.6 is 24.1 Å². The number of carbonyl (C=O) groups is 2. The van der Waals surface area contributed by atoms with E-state index >= 15 is 0 Å². The minimum atomic E-state index is -4.75. The summed E-state index contributed by atoms with van der Waals surface area (Å²) in [5.74, 6) is -0.754. The molecule has 0 saturated heterocycles. The van der Waals surface area contributed by atoms with Crippen molar-refractivity contribution in [3.05, 3.63) is 76.7 Å². The summed E-state index contributed by atoms with van der Waals surface area (Å²) in [6.45, 7) is -0.286. The van der Waals surface area contributed by atoms with Crippen molar-refractivity contribution in [1.29, 1.82) is 0 Å². The zero-order valence-electron chi connectivity index (χ0n) is 23.5. The van der Waals surface area contributed by atoms with E-state index in [4.69, 9.17) is 20.8 Å². The second-order valence-electron chi connectivity index (χ2n) is 9.37. The first kappa shape index (κ1) is 33.9. The van der Waals surface area contributed by atoms with Crippen molar-refractivity contribution in [2.45, 2.75) is 14.7 Å². The maximum absolute atomic E-state index is 12.6. The second-order valence-corrected chi connectivity index (χ2v) is 12.2. The molecule has 0 aliphatic carbocycles. The third-order valence-corrected chi connectivity index (χ3v) is 8.90. The van der Waals surface area contributed by atoms with Crippen LogP contribution in [0.4, 0.5) is 5.69 Å². The number of azide groups is 1. The lowest BCUT2D eigenvalue weighted by Crippen LogP contribution is -2.36. The van der Waals surface area contributed by atoms with Crippen molar-refractivity contribution in [2.24, 2.45) is 5.11 Å². The molecular weight excluding hydrogens is 683 g/mol. The predicted molar refractivity (Wildman–Crippen MR) is 167 cm³/mol. The number of benzene rings is 5. The Labute approximate surface area is 272 Å². The Morgan fingerprint density at radius 2 is 1.40 bits per heavy atom. The average Bonchev–Trinajstić information content (AvgIpc) is 3.06. The molecule has 0 spiro atoms. The molecule has 5 aromatic carbocycles. The van der Waals surface area contributed by atoms with Crippen LogP contribution in [0, 0.1) is 0 Å². The quantitative estimate of drug-likeness (QED) is 0.0103. The molecule has 0 aliphatic rings. The van der Waals surface area contributed by atoms with Crippen LogP contribution in [0.5, 0.6) is 5.75 Å². The number of ether oxygens (including phenoxy) is 1. The topological polar surface area (TPSA) is 248 Å². The van der Waals surface area contributed by atoms with Crippen LogP contribution in [0.3, 0.4) is 0 Å². The predicted octanol–water partition coefficient (Wildman–Crippen LogP) is 5.55. The van der Waals surface area contributed by atoms with Gasteiger partial charge in [0.2, 0.25) is 0 Å². The van der Waals surface area contributed by atoms with E-state index in [-0.39, 0.29) is 29.1 Å². The number of rotatable bonds is 15. The van der Waals surface area contributed by atoms with E-state index in [0.717, 1.165) is 6.07 Å². The molecule has 244 valence electrons. The number of nitrogens with one attached hydrogen (secondary N) is 2.